The van der Waals surface area contributed by atoms with Gasteiger partial charge < -0.3 is 15.4 Å². The summed E-state index contributed by atoms with van der Waals surface area (Å²) in [4.78, 5) is 12.2. The van der Waals surface area contributed by atoms with Gasteiger partial charge in [0.15, 0.2) is 5.11 Å². The van der Waals surface area contributed by atoms with Crippen LogP contribution in [0.25, 0.3) is 0 Å². The summed E-state index contributed by atoms with van der Waals surface area (Å²) in [5, 5.41) is 6.86. The van der Waals surface area contributed by atoms with Crippen molar-refractivity contribution in [2.75, 3.05) is 24.1 Å². The normalized spacial score (nSPS) is 12.5. The summed E-state index contributed by atoms with van der Waals surface area (Å²) in [5.41, 5.74) is 2.08. The molecule has 0 radical (unpaired) electrons. The zero-order valence-electron chi connectivity index (χ0n) is 19.6. The molecule has 0 heterocycles. The second-order valence-corrected chi connectivity index (χ2v) is 11.2. The van der Waals surface area contributed by atoms with Crippen LogP contribution in [0.3, 0.4) is 0 Å². The second-order valence-electron chi connectivity index (χ2n) is 9.04. The van der Waals surface area contributed by atoms with E-state index in [2.05, 4.69) is 27.5 Å². The van der Waals surface area contributed by atoms with Crippen molar-refractivity contribution in [1.29, 1.82) is 0 Å². The molecule has 0 aromatic heterocycles. The molecule has 1 unspecified atom stereocenters. The topological polar surface area (TPSA) is 96.5 Å². The van der Waals surface area contributed by atoms with Gasteiger partial charge in [-0.05, 0) is 62.7 Å². The number of nitrogens with one attached hydrogen (secondary N) is 3. The zero-order chi connectivity index (χ0) is 24.5. The van der Waals surface area contributed by atoms with Crippen molar-refractivity contribution >= 4 is 39.0 Å². The highest BCUT2D eigenvalue weighted by Crippen LogP contribution is 2.17. The molecular weight excluding hydrogens is 458 g/mol. The van der Waals surface area contributed by atoms with Gasteiger partial charge >= 0.3 is 5.97 Å². The van der Waals surface area contributed by atoms with Crippen molar-refractivity contribution in [3.05, 3.63) is 65.7 Å². The minimum atomic E-state index is -3.30. The van der Waals surface area contributed by atoms with E-state index < -0.39 is 15.4 Å². The molecule has 1 atom stereocenters. The summed E-state index contributed by atoms with van der Waals surface area (Å²) >= 11 is 5.41. The van der Waals surface area contributed by atoms with Gasteiger partial charge in [0, 0.05) is 24.7 Å². The van der Waals surface area contributed by atoms with Gasteiger partial charge in [0.05, 0.1) is 18.3 Å². The number of carbonyl (C=O) groups excluding carboxylic acids is 1. The first-order chi connectivity index (χ1) is 15.4. The third kappa shape index (κ3) is 10.7. The lowest BCUT2D eigenvalue weighted by molar-refractivity contribution is -0.154. The molecular formula is C24H33N3O4S2. The molecule has 9 heteroatoms. The van der Waals surface area contributed by atoms with Crippen LogP contribution in [0.5, 0.6) is 0 Å². The Hall–Kier alpha value is -2.65. The van der Waals surface area contributed by atoms with Crippen molar-refractivity contribution in [1.82, 2.24) is 10.6 Å². The number of rotatable bonds is 10. The molecule has 0 aliphatic rings. The van der Waals surface area contributed by atoms with E-state index in [0.717, 1.165) is 23.8 Å². The first-order valence-electron chi connectivity index (χ1n) is 10.7. The highest BCUT2D eigenvalue weighted by Gasteiger charge is 2.24. The monoisotopic (exact) mass is 491 g/mol. The third-order valence-corrected chi connectivity index (χ3v) is 5.59. The molecule has 2 rings (SSSR count). The highest BCUT2D eigenvalue weighted by molar-refractivity contribution is 7.92. The van der Waals surface area contributed by atoms with Gasteiger partial charge in [-0.25, -0.2) is 8.42 Å². The Morgan fingerprint density at radius 1 is 1.00 bits per heavy atom. The summed E-state index contributed by atoms with van der Waals surface area (Å²) in [6.07, 6.45) is 1.87. The Kier molecular flexibility index (Phi) is 9.67. The molecule has 0 fully saturated rings. The first kappa shape index (κ1) is 26.6. The van der Waals surface area contributed by atoms with E-state index in [9.17, 15) is 13.2 Å². The van der Waals surface area contributed by atoms with E-state index >= 15 is 0 Å². The van der Waals surface area contributed by atoms with Crippen LogP contribution in [0.2, 0.25) is 0 Å². The van der Waals surface area contributed by atoms with Crippen LogP contribution in [0, 0.1) is 11.3 Å². The number of ether oxygens (including phenoxy) is 1. The van der Waals surface area contributed by atoms with E-state index in [1.165, 1.54) is 0 Å². The summed E-state index contributed by atoms with van der Waals surface area (Å²) in [6.45, 7) is 6.85. The van der Waals surface area contributed by atoms with Crippen LogP contribution in [-0.2, 0) is 32.5 Å². The number of sulfonamides is 1. The van der Waals surface area contributed by atoms with Gasteiger partial charge in [-0.1, -0.05) is 42.5 Å². The Morgan fingerprint density at radius 2 is 1.64 bits per heavy atom. The molecule has 0 bridgehead atoms. The van der Waals surface area contributed by atoms with Gasteiger partial charge in [-0.2, -0.15) is 0 Å². The molecule has 0 aliphatic carbocycles. The Labute approximate surface area is 202 Å². The number of benzene rings is 2. The third-order valence-electron chi connectivity index (χ3n) is 4.69. The van der Waals surface area contributed by atoms with Crippen molar-refractivity contribution in [2.45, 2.75) is 33.7 Å². The molecule has 7 nitrogen and oxygen atoms in total. The minimum absolute atomic E-state index is 0.0554. The van der Waals surface area contributed by atoms with Gasteiger partial charge in [0.1, 0.15) is 0 Å². The molecule has 2 aromatic carbocycles. The van der Waals surface area contributed by atoms with Crippen molar-refractivity contribution < 1.29 is 17.9 Å². The van der Waals surface area contributed by atoms with E-state index in [1.54, 1.807) is 12.1 Å². The van der Waals surface area contributed by atoms with Crippen LogP contribution < -0.4 is 15.4 Å². The second kappa shape index (κ2) is 12.0. The van der Waals surface area contributed by atoms with E-state index in [4.69, 9.17) is 17.0 Å². The molecule has 0 saturated carbocycles. The largest absolute Gasteiger partial charge is 0.465 e. The summed E-state index contributed by atoms with van der Waals surface area (Å²) in [6, 6.07) is 17.1. The van der Waals surface area contributed by atoms with E-state index in [1.807, 2.05) is 51.1 Å². The fourth-order valence-corrected chi connectivity index (χ4v) is 3.65. The number of esters is 1. The van der Waals surface area contributed by atoms with Crippen molar-refractivity contribution in [3.63, 3.8) is 0 Å². The lowest BCUT2D eigenvalue weighted by atomic mass is 9.97. The first-order valence-corrected chi connectivity index (χ1v) is 13.0. The number of carbonyl (C=O) groups is 1. The van der Waals surface area contributed by atoms with Crippen LogP contribution in [-0.4, -0.2) is 38.9 Å². The van der Waals surface area contributed by atoms with Crippen LogP contribution in [0.1, 0.15) is 31.9 Å². The quantitative estimate of drug-likeness (QED) is 0.346. The molecule has 0 amide bonds. The molecule has 0 saturated heterocycles. The van der Waals surface area contributed by atoms with E-state index in [-0.39, 0.29) is 11.9 Å². The van der Waals surface area contributed by atoms with Gasteiger partial charge in [-0.3, -0.25) is 9.52 Å². The maximum Gasteiger partial charge on any atom is 0.311 e. The predicted molar refractivity (Wildman–Crippen MR) is 136 cm³/mol. The van der Waals surface area contributed by atoms with Crippen molar-refractivity contribution in [3.8, 4) is 0 Å². The number of anilines is 1. The smallest absolute Gasteiger partial charge is 0.311 e. The minimum Gasteiger partial charge on any atom is -0.465 e. The molecule has 33 heavy (non-hydrogen) atoms. The number of hydrogen-bond acceptors (Lipinski definition) is 5. The Balaban J connectivity index is 1.87. The van der Waals surface area contributed by atoms with Gasteiger partial charge in [0.25, 0.3) is 0 Å². The molecule has 3 N–H and O–H groups in total. The van der Waals surface area contributed by atoms with E-state index in [0.29, 0.717) is 30.5 Å². The molecule has 0 spiro atoms. The fourth-order valence-electron chi connectivity index (χ4n) is 2.93. The molecule has 180 valence electrons. The summed E-state index contributed by atoms with van der Waals surface area (Å²) in [5.74, 6) is -0.171. The highest BCUT2D eigenvalue weighted by atomic mass is 32.2. The van der Waals surface area contributed by atoms with Crippen LogP contribution >= 0.6 is 12.2 Å². The molecule has 2 aromatic rings. The maximum absolute atomic E-state index is 12.2. The fraction of sp³-hybridized carbons (Fsp3) is 0.417. The van der Waals surface area contributed by atoms with Gasteiger partial charge in [-0.15, -0.1) is 0 Å². The zero-order valence-corrected chi connectivity index (χ0v) is 21.2. The SMILES string of the molecule is CC(C)(C)C(=O)OCC(CNC(=S)NCc1ccc(NS(C)(=O)=O)cc1)Cc1ccccc1. The Morgan fingerprint density at radius 3 is 2.21 bits per heavy atom. The Bertz CT molecular complexity index is 1020. The standard InChI is InChI=1S/C24H33N3O4S2/c1-24(2,3)22(28)31-17-20(14-18-8-6-5-7-9-18)16-26-23(32)25-15-19-10-12-21(13-11-19)27-33(4,29)30/h5-13,20,27H,14-17H2,1-4H3,(H2,25,26,32). The average molecular weight is 492 g/mol. The average Bonchev–Trinajstić information content (AvgIpc) is 2.73. The lowest BCUT2D eigenvalue weighted by Gasteiger charge is -2.22. The van der Waals surface area contributed by atoms with Crippen molar-refractivity contribution in [2.24, 2.45) is 11.3 Å². The maximum atomic E-state index is 12.2. The summed E-state index contributed by atoms with van der Waals surface area (Å²) in [7, 11) is -3.30. The predicted octanol–water partition coefficient (Wildman–Crippen LogP) is 3.47. The van der Waals surface area contributed by atoms with Gasteiger partial charge in [0.2, 0.25) is 10.0 Å². The lowest BCUT2D eigenvalue weighted by Crippen LogP contribution is -2.39. The van der Waals surface area contributed by atoms with Crippen LogP contribution in [0.15, 0.2) is 54.6 Å². The number of thiocarbonyl (C=S) groups is 1. The summed E-state index contributed by atoms with van der Waals surface area (Å²) < 4.78 is 30.6. The number of hydrogen-bond donors (Lipinski definition) is 3. The van der Waals surface area contributed by atoms with Crippen LogP contribution in [0.4, 0.5) is 5.69 Å². The molecule has 0 aliphatic heterocycles.